The highest BCUT2D eigenvalue weighted by atomic mass is 32.2. The fourth-order valence-electron chi connectivity index (χ4n) is 3.16. The molecule has 7 heteroatoms. The second-order valence-electron chi connectivity index (χ2n) is 6.00. The highest BCUT2D eigenvalue weighted by Gasteiger charge is 2.33. The Hall–Kier alpha value is -1.60. The molecule has 0 bridgehead atoms. The van der Waals surface area contributed by atoms with E-state index >= 15 is 0 Å². The van der Waals surface area contributed by atoms with Crippen LogP contribution in [-0.2, 0) is 4.79 Å². The molecule has 2 saturated heterocycles. The van der Waals surface area contributed by atoms with Crippen molar-refractivity contribution in [2.24, 2.45) is 0 Å². The Labute approximate surface area is 140 Å². The van der Waals surface area contributed by atoms with Crippen LogP contribution in [0.1, 0.15) is 30.2 Å². The average Bonchev–Trinajstić information content (AvgIpc) is 2.95. The van der Waals surface area contributed by atoms with Crippen molar-refractivity contribution >= 4 is 23.4 Å². The van der Waals surface area contributed by atoms with Crippen LogP contribution in [0, 0.1) is 10.1 Å². The SMILES string of the molecule is O=C1CS[C@H](c2ccc([N+](=O)[O-])cc2)N1CCN1CCCCC1. The summed E-state index contributed by atoms with van der Waals surface area (Å²) in [5, 5.41) is 10.7. The number of carbonyl (C=O) groups is 1. The molecule has 23 heavy (non-hydrogen) atoms. The van der Waals surface area contributed by atoms with Crippen molar-refractivity contribution < 1.29 is 9.72 Å². The van der Waals surface area contributed by atoms with E-state index in [2.05, 4.69) is 4.90 Å². The first-order valence-electron chi connectivity index (χ1n) is 8.03. The molecule has 1 amide bonds. The predicted molar refractivity (Wildman–Crippen MR) is 90.3 cm³/mol. The zero-order chi connectivity index (χ0) is 16.2. The smallest absolute Gasteiger partial charge is 0.269 e. The van der Waals surface area contributed by atoms with Gasteiger partial charge in [0.15, 0.2) is 0 Å². The number of nitro groups is 1. The van der Waals surface area contributed by atoms with E-state index in [9.17, 15) is 14.9 Å². The number of thioether (sulfide) groups is 1. The number of piperidine rings is 1. The largest absolute Gasteiger partial charge is 0.325 e. The number of nitrogens with zero attached hydrogens (tertiary/aromatic N) is 3. The molecule has 2 fully saturated rings. The molecule has 2 aliphatic heterocycles. The van der Waals surface area contributed by atoms with Gasteiger partial charge in [0.05, 0.1) is 10.7 Å². The summed E-state index contributed by atoms with van der Waals surface area (Å²) in [6.07, 6.45) is 3.80. The number of amides is 1. The second-order valence-corrected chi connectivity index (χ2v) is 7.07. The van der Waals surface area contributed by atoms with Crippen LogP contribution in [0.3, 0.4) is 0 Å². The van der Waals surface area contributed by atoms with Gasteiger partial charge in [-0.2, -0.15) is 0 Å². The van der Waals surface area contributed by atoms with Gasteiger partial charge in [-0.25, -0.2) is 0 Å². The van der Waals surface area contributed by atoms with Gasteiger partial charge in [-0.05, 0) is 43.6 Å². The molecule has 0 radical (unpaired) electrons. The Morgan fingerprint density at radius 1 is 1.13 bits per heavy atom. The minimum atomic E-state index is -0.398. The van der Waals surface area contributed by atoms with Gasteiger partial charge >= 0.3 is 0 Å². The lowest BCUT2D eigenvalue weighted by molar-refractivity contribution is -0.384. The Kier molecular flexibility index (Phi) is 5.17. The lowest BCUT2D eigenvalue weighted by Crippen LogP contribution is -2.39. The van der Waals surface area contributed by atoms with E-state index in [1.165, 1.54) is 31.4 Å². The van der Waals surface area contributed by atoms with E-state index in [1.54, 1.807) is 23.9 Å². The van der Waals surface area contributed by atoms with Crippen LogP contribution in [0.15, 0.2) is 24.3 Å². The minimum absolute atomic E-state index is 0.0203. The molecule has 0 aromatic heterocycles. The number of hydrogen-bond acceptors (Lipinski definition) is 5. The first-order chi connectivity index (χ1) is 11.1. The van der Waals surface area contributed by atoms with Crippen LogP contribution in [0.5, 0.6) is 0 Å². The van der Waals surface area contributed by atoms with Crippen molar-refractivity contribution in [1.29, 1.82) is 0 Å². The molecule has 6 nitrogen and oxygen atoms in total. The monoisotopic (exact) mass is 335 g/mol. The minimum Gasteiger partial charge on any atom is -0.325 e. The fourth-order valence-corrected chi connectivity index (χ4v) is 4.38. The molecule has 1 atom stereocenters. The molecule has 124 valence electrons. The van der Waals surface area contributed by atoms with Crippen LogP contribution in [0.4, 0.5) is 5.69 Å². The zero-order valence-electron chi connectivity index (χ0n) is 13.0. The van der Waals surface area contributed by atoms with Gasteiger partial charge in [-0.1, -0.05) is 6.42 Å². The Morgan fingerprint density at radius 3 is 2.48 bits per heavy atom. The van der Waals surface area contributed by atoms with Crippen molar-refractivity contribution in [3.8, 4) is 0 Å². The van der Waals surface area contributed by atoms with Gasteiger partial charge in [0.25, 0.3) is 5.69 Å². The van der Waals surface area contributed by atoms with Crippen LogP contribution >= 0.6 is 11.8 Å². The Morgan fingerprint density at radius 2 is 1.83 bits per heavy atom. The van der Waals surface area contributed by atoms with Crippen molar-refractivity contribution in [3.63, 3.8) is 0 Å². The fraction of sp³-hybridized carbons (Fsp3) is 0.562. The molecule has 0 N–H and O–H groups in total. The summed E-state index contributed by atoms with van der Waals surface area (Å²) < 4.78 is 0. The maximum absolute atomic E-state index is 12.2. The first kappa shape index (κ1) is 16.3. The predicted octanol–water partition coefficient (Wildman–Crippen LogP) is 2.65. The van der Waals surface area contributed by atoms with Crippen LogP contribution in [0.2, 0.25) is 0 Å². The lowest BCUT2D eigenvalue weighted by atomic mass is 10.1. The molecule has 0 unspecified atom stereocenters. The molecule has 0 aliphatic carbocycles. The number of benzene rings is 1. The van der Waals surface area contributed by atoms with Gasteiger partial charge in [-0.15, -0.1) is 11.8 Å². The van der Waals surface area contributed by atoms with Gasteiger partial charge in [0.2, 0.25) is 5.91 Å². The molecule has 2 aliphatic rings. The summed E-state index contributed by atoms with van der Waals surface area (Å²) in [4.78, 5) is 26.9. The number of hydrogen-bond donors (Lipinski definition) is 0. The topological polar surface area (TPSA) is 66.7 Å². The van der Waals surface area contributed by atoms with Gasteiger partial charge in [-0.3, -0.25) is 14.9 Å². The van der Waals surface area contributed by atoms with Crippen LogP contribution in [0.25, 0.3) is 0 Å². The third-order valence-corrected chi connectivity index (χ3v) is 5.72. The number of non-ortho nitro benzene ring substituents is 1. The van der Waals surface area contributed by atoms with Crippen molar-refractivity contribution in [3.05, 3.63) is 39.9 Å². The highest BCUT2D eigenvalue weighted by molar-refractivity contribution is 8.00. The summed E-state index contributed by atoms with van der Waals surface area (Å²) in [6.45, 7) is 3.89. The third-order valence-electron chi connectivity index (χ3n) is 4.46. The zero-order valence-corrected chi connectivity index (χ0v) is 13.8. The summed E-state index contributed by atoms with van der Waals surface area (Å²) in [5.41, 5.74) is 1.05. The van der Waals surface area contributed by atoms with E-state index in [0.29, 0.717) is 5.75 Å². The number of nitro benzene ring substituents is 1. The number of carbonyl (C=O) groups excluding carboxylic acids is 1. The van der Waals surface area contributed by atoms with Crippen molar-refractivity contribution in [1.82, 2.24) is 9.80 Å². The summed E-state index contributed by atoms with van der Waals surface area (Å²) in [7, 11) is 0. The van der Waals surface area contributed by atoms with Gasteiger partial charge in [0, 0.05) is 25.2 Å². The second kappa shape index (κ2) is 7.31. The summed E-state index contributed by atoms with van der Waals surface area (Å²) in [5.74, 6) is 0.650. The molecule has 1 aromatic carbocycles. The van der Waals surface area contributed by atoms with Crippen LogP contribution < -0.4 is 0 Å². The maximum atomic E-state index is 12.2. The Balaban J connectivity index is 1.65. The molecule has 2 heterocycles. The normalized spacial score (nSPS) is 22.5. The standard InChI is InChI=1S/C16H21N3O3S/c20-15-12-23-16(13-4-6-14(7-5-13)19(21)22)18(15)11-10-17-8-2-1-3-9-17/h4-7,16H,1-3,8-12H2/t16-/m1/s1. The molecule has 1 aromatic rings. The molecular weight excluding hydrogens is 314 g/mol. The highest BCUT2D eigenvalue weighted by Crippen LogP contribution is 2.38. The number of likely N-dealkylation sites (tertiary alicyclic amines) is 1. The van der Waals surface area contributed by atoms with E-state index in [4.69, 9.17) is 0 Å². The quantitative estimate of drug-likeness (QED) is 0.611. The van der Waals surface area contributed by atoms with E-state index in [-0.39, 0.29) is 17.0 Å². The van der Waals surface area contributed by atoms with E-state index in [0.717, 1.165) is 31.7 Å². The number of rotatable bonds is 5. The lowest BCUT2D eigenvalue weighted by Gasteiger charge is -2.30. The van der Waals surface area contributed by atoms with E-state index in [1.807, 2.05) is 4.90 Å². The molecule has 3 rings (SSSR count). The average molecular weight is 335 g/mol. The molecular formula is C16H21N3O3S. The Bertz CT molecular complexity index is 572. The molecule has 0 spiro atoms. The van der Waals surface area contributed by atoms with Crippen LogP contribution in [-0.4, -0.2) is 52.6 Å². The summed E-state index contributed by atoms with van der Waals surface area (Å²) in [6, 6.07) is 6.56. The van der Waals surface area contributed by atoms with Gasteiger partial charge < -0.3 is 9.80 Å². The van der Waals surface area contributed by atoms with Crippen molar-refractivity contribution in [2.45, 2.75) is 24.6 Å². The van der Waals surface area contributed by atoms with Gasteiger partial charge in [0.1, 0.15) is 5.37 Å². The first-order valence-corrected chi connectivity index (χ1v) is 9.08. The van der Waals surface area contributed by atoms with Crippen molar-refractivity contribution in [2.75, 3.05) is 31.9 Å². The molecule has 0 saturated carbocycles. The third kappa shape index (κ3) is 3.84. The summed E-state index contributed by atoms with van der Waals surface area (Å²) >= 11 is 1.60. The maximum Gasteiger partial charge on any atom is 0.269 e. The van der Waals surface area contributed by atoms with E-state index < -0.39 is 4.92 Å².